The summed E-state index contributed by atoms with van der Waals surface area (Å²) in [5.41, 5.74) is 2.48. The minimum Gasteiger partial charge on any atom is -0.310 e. The molecule has 1 N–H and O–H groups in total. The molecule has 1 aliphatic heterocycles. The van der Waals surface area contributed by atoms with Crippen LogP contribution in [-0.4, -0.2) is 11.0 Å². The van der Waals surface area contributed by atoms with Crippen LogP contribution >= 0.6 is 0 Å². The summed E-state index contributed by atoms with van der Waals surface area (Å²) in [6.45, 7) is 2.87. The first-order valence-electron chi connectivity index (χ1n) is 5.16. The number of fused-ring (bicyclic) bond motifs is 1. The smallest absolute Gasteiger partial charge is 0.269 e. The minimum absolute atomic E-state index is 0.185. The zero-order chi connectivity index (χ0) is 10.8. The summed E-state index contributed by atoms with van der Waals surface area (Å²) in [7, 11) is 0. The molecule has 2 rings (SSSR count). The molecule has 4 nitrogen and oxygen atoms in total. The summed E-state index contributed by atoms with van der Waals surface area (Å²) in [6, 6.07) is 5.64. The zero-order valence-corrected chi connectivity index (χ0v) is 8.69. The summed E-state index contributed by atoms with van der Waals surface area (Å²) in [5.74, 6) is 0. The molecular weight excluding hydrogens is 192 g/mol. The first-order chi connectivity index (χ1) is 7.16. The molecule has 0 saturated carbocycles. The van der Waals surface area contributed by atoms with Crippen LogP contribution in [0, 0.1) is 10.1 Å². The van der Waals surface area contributed by atoms with E-state index in [4.69, 9.17) is 0 Å². The molecule has 4 heteroatoms. The van der Waals surface area contributed by atoms with Crippen molar-refractivity contribution in [2.24, 2.45) is 0 Å². The SMILES string of the molecule is CC1CCc2ccc([N+](=O)[O-])cc2CN1. The highest BCUT2D eigenvalue weighted by molar-refractivity contribution is 5.40. The lowest BCUT2D eigenvalue weighted by Gasteiger charge is -2.07. The number of nitrogens with zero attached hydrogens (tertiary/aromatic N) is 1. The fraction of sp³-hybridized carbons (Fsp3) is 0.455. The molecule has 0 bridgehead atoms. The number of benzene rings is 1. The molecule has 0 radical (unpaired) electrons. The highest BCUT2D eigenvalue weighted by Gasteiger charge is 2.15. The number of aryl methyl sites for hydroxylation is 1. The van der Waals surface area contributed by atoms with Crippen LogP contribution < -0.4 is 5.32 Å². The molecule has 0 saturated heterocycles. The molecule has 0 amide bonds. The van der Waals surface area contributed by atoms with Crippen LogP contribution in [0.3, 0.4) is 0 Å². The van der Waals surface area contributed by atoms with Gasteiger partial charge in [-0.2, -0.15) is 0 Å². The third-order valence-corrected chi connectivity index (χ3v) is 2.89. The number of non-ortho nitro benzene ring substituents is 1. The van der Waals surface area contributed by atoms with Gasteiger partial charge in [0.1, 0.15) is 0 Å². The molecular formula is C11H14N2O2. The molecule has 0 aromatic heterocycles. The van der Waals surface area contributed by atoms with Crippen LogP contribution in [0.1, 0.15) is 24.5 Å². The Labute approximate surface area is 88.5 Å². The molecule has 0 aliphatic carbocycles. The van der Waals surface area contributed by atoms with Gasteiger partial charge in [0.25, 0.3) is 5.69 Å². The van der Waals surface area contributed by atoms with Gasteiger partial charge in [-0.25, -0.2) is 0 Å². The quantitative estimate of drug-likeness (QED) is 0.565. The predicted molar refractivity (Wildman–Crippen MR) is 57.7 cm³/mol. The van der Waals surface area contributed by atoms with Crippen molar-refractivity contribution in [3.8, 4) is 0 Å². The lowest BCUT2D eigenvalue weighted by molar-refractivity contribution is -0.384. The van der Waals surface area contributed by atoms with Gasteiger partial charge in [-0.3, -0.25) is 10.1 Å². The van der Waals surface area contributed by atoms with Gasteiger partial charge in [0.05, 0.1) is 4.92 Å². The molecule has 0 fully saturated rings. The maximum atomic E-state index is 10.6. The van der Waals surface area contributed by atoms with Crippen LogP contribution in [0.4, 0.5) is 5.69 Å². The van der Waals surface area contributed by atoms with E-state index in [1.807, 2.05) is 6.07 Å². The summed E-state index contributed by atoms with van der Waals surface area (Å²) >= 11 is 0. The molecule has 1 unspecified atom stereocenters. The molecule has 1 atom stereocenters. The normalized spacial score (nSPS) is 20.5. The number of nitro benzene ring substituents is 1. The fourth-order valence-electron chi connectivity index (χ4n) is 1.89. The fourth-order valence-corrected chi connectivity index (χ4v) is 1.89. The Balaban J connectivity index is 2.32. The molecule has 0 spiro atoms. The van der Waals surface area contributed by atoms with Gasteiger partial charge < -0.3 is 5.32 Å². The minimum atomic E-state index is -0.339. The monoisotopic (exact) mass is 206 g/mol. The van der Waals surface area contributed by atoms with E-state index in [0.717, 1.165) is 24.9 Å². The summed E-state index contributed by atoms with van der Waals surface area (Å²) in [6.07, 6.45) is 2.09. The van der Waals surface area contributed by atoms with E-state index in [9.17, 15) is 10.1 Å². The van der Waals surface area contributed by atoms with Crippen LogP contribution in [0.15, 0.2) is 18.2 Å². The van der Waals surface area contributed by atoms with Crippen molar-refractivity contribution in [1.29, 1.82) is 0 Å². The summed E-state index contributed by atoms with van der Waals surface area (Å²) in [4.78, 5) is 10.3. The van der Waals surface area contributed by atoms with Crippen molar-refractivity contribution in [3.63, 3.8) is 0 Å². The van der Waals surface area contributed by atoms with Crippen molar-refractivity contribution >= 4 is 5.69 Å². The predicted octanol–water partition coefficient (Wildman–Crippen LogP) is 2.02. The van der Waals surface area contributed by atoms with Gasteiger partial charge in [-0.05, 0) is 30.9 Å². The number of rotatable bonds is 1. The largest absolute Gasteiger partial charge is 0.310 e. The average Bonchev–Trinajstić information content (AvgIpc) is 2.40. The lowest BCUT2D eigenvalue weighted by atomic mass is 10.0. The molecule has 1 aliphatic rings. The van der Waals surface area contributed by atoms with Crippen LogP contribution in [-0.2, 0) is 13.0 Å². The van der Waals surface area contributed by atoms with E-state index < -0.39 is 0 Å². The number of hydrogen-bond donors (Lipinski definition) is 1. The van der Waals surface area contributed by atoms with Crippen LogP contribution in [0.5, 0.6) is 0 Å². The van der Waals surface area contributed by atoms with E-state index in [-0.39, 0.29) is 10.6 Å². The van der Waals surface area contributed by atoms with Gasteiger partial charge in [-0.15, -0.1) is 0 Å². The highest BCUT2D eigenvalue weighted by Crippen LogP contribution is 2.21. The Morgan fingerprint density at radius 1 is 1.47 bits per heavy atom. The maximum absolute atomic E-state index is 10.6. The van der Waals surface area contributed by atoms with Crippen molar-refractivity contribution in [1.82, 2.24) is 5.32 Å². The van der Waals surface area contributed by atoms with Gasteiger partial charge in [0.2, 0.25) is 0 Å². The second kappa shape index (κ2) is 3.98. The molecule has 1 heterocycles. The third-order valence-electron chi connectivity index (χ3n) is 2.89. The third kappa shape index (κ3) is 2.15. The van der Waals surface area contributed by atoms with Crippen molar-refractivity contribution in [2.45, 2.75) is 32.4 Å². The number of nitro groups is 1. The second-order valence-corrected chi connectivity index (χ2v) is 4.03. The zero-order valence-electron chi connectivity index (χ0n) is 8.69. The topological polar surface area (TPSA) is 55.2 Å². The standard InChI is InChI=1S/C11H14N2O2/c1-8-2-3-9-4-5-11(13(14)15)6-10(9)7-12-8/h4-6,8,12H,2-3,7H2,1H3. The molecule has 15 heavy (non-hydrogen) atoms. The van der Waals surface area contributed by atoms with E-state index in [1.54, 1.807) is 12.1 Å². The van der Waals surface area contributed by atoms with Crippen LogP contribution in [0.2, 0.25) is 0 Å². The Morgan fingerprint density at radius 3 is 3.00 bits per heavy atom. The van der Waals surface area contributed by atoms with E-state index in [2.05, 4.69) is 12.2 Å². The second-order valence-electron chi connectivity index (χ2n) is 4.03. The summed E-state index contributed by atoms with van der Waals surface area (Å²) in [5, 5.41) is 14.0. The van der Waals surface area contributed by atoms with Crippen molar-refractivity contribution in [3.05, 3.63) is 39.4 Å². The number of hydrogen-bond acceptors (Lipinski definition) is 3. The average molecular weight is 206 g/mol. The number of nitrogens with one attached hydrogen (secondary N) is 1. The Kier molecular flexibility index (Phi) is 2.68. The maximum Gasteiger partial charge on any atom is 0.269 e. The van der Waals surface area contributed by atoms with Crippen molar-refractivity contribution in [2.75, 3.05) is 0 Å². The Bertz CT molecular complexity index is 390. The van der Waals surface area contributed by atoms with E-state index in [0.29, 0.717) is 6.04 Å². The van der Waals surface area contributed by atoms with Crippen LogP contribution in [0.25, 0.3) is 0 Å². The molecule has 1 aromatic rings. The Morgan fingerprint density at radius 2 is 2.27 bits per heavy atom. The first kappa shape index (κ1) is 10.1. The van der Waals surface area contributed by atoms with Crippen molar-refractivity contribution < 1.29 is 4.92 Å². The first-order valence-corrected chi connectivity index (χ1v) is 5.16. The molecule has 1 aromatic carbocycles. The summed E-state index contributed by atoms with van der Waals surface area (Å²) < 4.78 is 0. The van der Waals surface area contributed by atoms with E-state index in [1.165, 1.54) is 5.56 Å². The van der Waals surface area contributed by atoms with E-state index >= 15 is 0 Å². The van der Waals surface area contributed by atoms with Gasteiger partial charge in [-0.1, -0.05) is 6.07 Å². The van der Waals surface area contributed by atoms with Gasteiger partial charge in [0.15, 0.2) is 0 Å². The van der Waals surface area contributed by atoms with Gasteiger partial charge in [0, 0.05) is 24.7 Å². The molecule has 80 valence electrons. The Hall–Kier alpha value is -1.42. The van der Waals surface area contributed by atoms with Gasteiger partial charge >= 0.3 is 0 Å². The highest BCUT2D eigenvalue weighted by atomic mass is 16.6. The lowest BCUT2D eigenvalue weighted by Crippen LogP contribution is -2.23.